The lowest BCUT2D eigenvalue weighted by Crippen LogP contribution is -2.06. The van der Waals surface area contributed by atoms with E-state index in [-0.39, 0.29) is 0 Å². The van der Waals surface area contributed by atoms with Gasteiger partial charge < -0.3 is 5.73 Å². The third-order valence-corrected chi connectivity index (χ3v) is 2.47. The molecule has 0 radical (unpaired) electrons. The van der Waals surface area contributed by atoms with Crippen molar-refractivity contribution in [1.29, 1.82) is 0 Å². The van der Waals surface area contributed by atoms with Crippen molar-refractivity contribution in [3.05, 3.63) is 47.5 Å². The lowest BCUT2D eigenvalue weighted by molar-refractivity contribution is 0.868. The van der Waals surface area contributed by atoms with Crippen LogP contribution in [0.3, 0.4) is 0 Å². The number of benzene rings is 1. The van der Waals surface area contributed by atoms with Crippen LogP contribution >= 0.6 is 11.6 Å². The Morgan fingerprint density at radius 1 is 1.12 bits per heavy atom. The van der Waals surface area contributed by atoms with Crippen molar-refractivity contribution < 1.29 is 0 Å². The van der Waals surface area contributed by atoms with Gasteiger partial charge in [-0.2, -0.15) is 0 Å². The summed E-state index contributed by atoms with van der Waals surface area (Å²) in [6, 6.07) is 7.62. The SMILES string of the molecule is NCCc1ncc(-c2cccc(Cl)c2)cn1. The predicted octanol–water partition coefficient (Wildman–Crippen LogP) is 2.30. The van der Waals surface area contributed by atoms with Gasteiger partial charge in [0.05, 0.1) is 0 Å². The molecule has 1 aromatic carbocycles. The summed E-state index contributed by atoms with van der Waals surface area (Å²) in [5, 5.41) is 0.712. The Bertz CT molecular complexity index is 468. The van der Waals surface area contributed by atoms with E-state index in [0.717, 1.165) is 17.0 Å². The minimum atomic E-state index is 0.566. The Hall–Kier alpha value is -1.45. The van der Waals surface area contributed by atoms with Gasteiger partial charge in [0.2, 0.25) is 0 Å². The topological polar surface area (TPSA) is 51.8 Å². The summed E-state index contributed by atoms with van der Waals surface area (Å²) in [6.07, 6.45) is 4.29. The van der Waals surface area contributed by atoms with E-state index in [9.17, 15) is 0 Å². The number of hydrogen-bond acceptors (Lipinski definition) is 3. The zero-order valence-corrected chi connectivity index (χ0v) is 9.48. The highest BCUT2D eigenvalue weighted by atomic mass is 35.5. The van der Waals surface area contributed by atoms with E-state index in [0.29, 0.717) is 18.0 Å². The van der Waals surface area contributed by atoms with Crippen LogP contribution in [0.15, 0.2) is 36.7 Å². The maximum Gasteiger partial charge on any atom is 0.129 e. The normalized spacial score (nSPS) is 10.4. The fourth-order valence-corrected chi connectivity index (χ4v) is 1.62. The summed E-state index contributed by atoms with van der Waals surface area (Å²) in [7, 11) is 0. The Kier molecular flexibility index (Phi) is 3.49. The Morgan fingerprint density at radius 2 is 1.88 bits per heavy atom. The molecule has 0 saturated heterocycles. The van der Waals surface area contributed by atoms with Crippen LogP contribution in [0, 0.1) is 0 Å². The van der Waals surface area contributed by atoms with Crippen LogP contribution in [0.2, 0.25) is 5.02 Å². The van der Waals surface area contributed by atoms with E-state index in [1.165, 1.54) is 0 Å². The molecular weight excluding hydrogens is 222 g/mol. The molecule has 1 aromatic heterocycles. The second-order valence-corrected chi connectivity index (χ2v) is 3.87. The van der Waals surface area contributed by atoms with Crippen LogP contribution in [0.1, 0.15) is 5.82 Å². The molecule has 0 aliphatic carbocycles. The molecular formula is C12H12ClN3. The molecule has 0 aliphatic heterocycles. The number of hydrogen-bond donors (Lipinski definition) is 1. The quantitative estimate of drug-likeness (QED) is 0.885. The number of nitrogens with two attached hydrogens (primary N) is 1. The molecule has 0 amide bonds. The van der Waals surface area contributed by atoms with Crippen molar-refractivity contribution in [2.75, 3.05) is 6.54 Å². The van der Waals surface area contributed by atoms with Crippen molar-refractivity contribution in [3.63, 3.8) is 0 Å². The van der Waals surface area contributed by atoms with Crippen molar-refractivity contribution >= 4 is 11.6 Å². The van der Waals surface area contributed by atoms with Gasteiger partial charge >= 0.3 is 0 Å². The lowest BCUT2D eigenvalue weighted by Gasteiger charge is -2.02. The number of halogens is 1. The molecule has 0 aliphatic rings. The predicted molar refractivity (Wildman–Crippen MR) is 65.2 cm³/mol. The first kappa shape index (κ1) is 11.0. The van der Waals surface area contributed by atoms with Crippen molar-refractivity contribution in [3.8, 4) is 11.1 Å². The second kappa shape index (κ2) is 5.05. The molecule has 16 heavy (non-hydrogen) atoms. The first-order chi connectivity index (χ1) is 7.79. The highest BCUT2D eigenvalue weighted by molar-refractivity contribution is 6.30. The van der Waals surface area contributed by atoms with Crippen LogP contribution in [-0.4, -0.2) is 16.5 Å². The van der Waals surface area contributed by atoms with E-state index in [1.54, 1.807) is 12.4 Å². The summed E-state index contributed by atoms with van der Waals surface area (Å²) in [4.78, 5) is 8.48. The molecule has 1 heterocycles. The average Bonchev–Trinajstić information content (AvgIpc) is 2.30. The highest BCUT2D eigenvalue weighted by Gasteiger charge is 2.00. The van der Waals surface area contributed by atoms with Crippen molar-refractivity contribution in [2.24, 2.45) is 5.73 Å². The second-order valence-electron chi connectivity index (χ2n) is 3.44. The zero-order valence-electron chi connectivity index (χ0n) is 8.73. The highest BCUT2D eigenvalue weighted by Crippen LogP contribution is 2.21. The lowest BCUT2D eigenvalue weighted by atomic mass is 10.1. The monoisotopic (exact) mass is 233 g/mol. The van der Waals surface area contributed by atoms with Gasteiger partial charge in [-0.1, -0.05) is 23.7 Å². The Balaban J connectivity index is 2.27. The van der Waals surface area contributed by atoms with E-state index in [2.05, 4.69) is 9.97 Å². The molecule has 0 saturated carbocycles. The minimum Gasteiger partial charge on any atom is -0.330 e. The van der Waals surface area contributed by atoms with Gasteiger partial charge in [0.25, 0.3) is 0 Å². The number of aromatic nitrogens is 2. The third-order valence-electron chi connectivity index (χ3n) is 2.23. The number of nitrogens with zero attached hydrogens (tertiary/aromatic N) is 2. The molecule has 4 heteroatoms. The molecule has 82 valence electrons. The summed E-state index contributed by atoms with van der Waals surface area (Å²) in [6.45, 7) is 0.566. The molecule has 0 fully saturated rings. The van der Waals surface area contributed by atoms with Gasteiger partial charge in [0.1, 0.15) is 5.82 Å². The first-order valence-corrected chi connectivity index (χ1v) is 5.44. The van der Waals surface area contributed by atoms with Crippen LogP contribution in [0.5, 0.6) is 0 Å². The van der Waals surface area contributed by atoms with Crippen LogP contribution in [0.4, 0.5) is 0 Å². The van der Waals surface area contributed by atoms with Gasteiger partial charge in [-0.25, -0.2) is 9.97 Å². The van der Waals surface area contributed by atoms with Gasteiger partial charge in [-0.05, 0) is 24.2 Å². The molecule has 2 N–H and O–H groups in total. The molecule has 2 aromatic rings. The standard InChI is InChI=1S/C12H12ClN3/c13-11-3-1-2-9(6-11)10-7-15-12(4-5-14)16-8-10/h1-3,6-8H,4-5,14H2. The van der Waals surface area contributed by atoms with E-state index >= 15 is 0 Å². The molecule has 0 atom stereocenters. The van der Waals surface area contributed by atoms with E-state index in [4.69, 9.17) is 17.3 Å². The number of rotatable bonds is 3. The summed E-state index contributed by atoms with van der Waals surface area (Å²) < 4.78 is 0. The zero-order chi connectivity index (χ0) is 11.4. The van der Waals surface area contributed by atoms with E-state index in [1.807, 2.05) is 24.3 Å². The van der Waals surface area contributed by atoms with Crippen molar-refractivity contribution in [1.82, 2.24) is 9.97 Å². The maximum absolute atomic E-state index is 5.92. The Labute approximate surface area is 99.3 Å². The third kappa shape index (κ3) is 2.56. The first-order valence-electron chi connectivity index (χ1n) is 5.06. The smallest absolute Gasteiger partial charge is 0.129 e. The maximum atomic E-state index is 5.92. The molecule has 2 rings (SSSR count). The summed E-state index contributed by atoms with van der Waals surface area (Å²) in [5.74, 6) is 0.772. The summed E-state index contributed by atoms with van der Waals surface area (Å²) >= 11 is 5.92. The fraction of sp³-hybridized carbons (Fsp3) is 0.167. The van der Waals surface area contributed by atoms with Crippen LogP contribution in [0.25, 0.3) is 11.1 Å². The summed E-state index contributed by atoms with van der Waals surface area (Å²) in [5.41, 5.74) is 7.41. The van der Waals surface area contributed by atoms with Gasteiger partial charge in [0, 0.05) is 29.4 Å². The van der Waals surface area contributed by atoms with E-state index < -0.39 is 0 Å². The van der Waals surface area contributed by atoms with Gasteiger partial charge in [-0.15, -0.1) is 0 Å². The minimum absolute atomic E-state index is 0.566. The van der Waals surface area contributed by atoms with Crippen LogP contribution < -0.4 is 5.73 Å². The van der Waals surface area contributed by atoms with Gasteiger partial charge in [-0.3, -0.25) is 0 Å². The van der Waals surface area contributed by atoms with Gasteiger partial charge in [0.15, 0.2) is 0 Å². The largest absolute Gasteiger partial charge is 0.330 e. The van der Waals surface area contributed by atoms with Crippen LogP contribution in [-0.2, 0) is 6.42 Å². The molecule has 0 spiro atoms. The molecule has 3 nitrogen and oxygen atoms in total. The Morgan fingerprint density at radius 3 is 2.50 bits per heavy atom. The average molecular weight is 234 g/mol. The molecule has 0 bridgehead atoms. The molecule has 0 unspecified atom stereocenters. The fourth-order valence-electron chi connectivity index (χ4n) is 1.43. The van der Waals surface area contributed by atoms with Crippen molar-refractivity contribution in [2.45, 2.75) is 6.42 Å².